The van der Waals surface area contributed by atoms with Gasteiger partial charge in [0.2, 0.25) is 41.4 Å². The van der Waals surface area contributed by atoms with Crippen LogP contribution in [0, 0.1) is 17.8 Å². The van der Waals surface area contributed by atoms with Gasteiger partial charge in [-0.05, 0) is 35.8 Å². The summed E-state index contributed by atoms with van der Waals surface area (Å²) in [6.07, 6.45) is 0.744. The third-order valence-corrected chi connectivity index (χ3v) is 9.93. The lowest BCUT2D eigenvalue weighted by molar-refractivity contribution is -0.144. The number of fused-ring (bicyclic) bond motifs is 1. The highest BCUT2D eigenvalue weighted by atomic mass is 16.4. The lowest BCUT2D eigenvalue weighted by Crippen LogP contribution is -2.61. The first-order valence-corrected chi connectivity index (χ1v) is 19.3. The number of benzene rings is 1. The van der Waals surface area contributed by atoms with E-state index in [1.54, 1.807) is 52.1 Å². The summed E-state index contributed by atoms with van der Waals surface area (Å²) in [6, 6.07) is -0.987. The monoisotopic (exact) mass is 814 g/mol. The van der Waals surface area contributed by atoms with Crippen LogP contribution in [0.4, 0.5) is 0 Å². The van der Waals surface area contributed by atoms with Gasteiger partial charge in [-0.1, -0.05) is 72.6 Å². The van der Waals surface area contributed by atoms with Crippen LogP contribution in [0.3, 0.4) is 0 Å². The first kappa shape index (κ1) is 48.1. The molecule has 58 heavy (non-hydrogen) atoms. The molecule has 19 nitrogen and oxygen atoms in total. The second-order valence-corrected chi connectivity index (χ2v) is 14.9. The Morgan fingerprint density at radius 1 is 0.672 bits per heavy atom. The summed E-state index contributed by atoms with van der Waals surface area (Å²) < 4.78 is 0. The molecule has 1 aromatic carbocycles. The molecule has 0 aliphatic heterocycles. The van der Waals surface area contributed by atoms with E-state index in [1.165, 1.54) is 6.92 Å². The summed E-state index contributed by atoms with van der Waals surface area (Å²) in [4.78, 5) is 119. The molecule has 2 rings (SSSR count). The van der Waals surface area contributed by atoms with E-state index in [9.17, 15) is 53.4 Å². The number of hydrogen-bond donors (Lipinski definition) is 10. The van der Waals surface area contributed by atoms with Gasteiger partial charge < -0.3 is 52.8 Å². The van der Waals surface area contributed by atoms with Crippen molar-refractivity contribution in [2.24, 2.45) is 23.5 Å². The Morgan fingerprint density at radius 3 is 1.71 bits per heavy atom. The van der Waals surface area contributed by atoms with E-state index in [-0.39, 0.29) is 12.3 Å². The van der Waals surface area contributed by atoms with Gasteiger partial charge in [0.05, 0.1) is 6.42 Å². The smallest absolute Gasteiger partial charge is 0.326 e. The van der Waals surface area contributed by atoms with Crippen LogP contribution in [-0.2, 0) is 49.6 Å². The number of aromatic amines is 1. The fourth-order valence-electron chi connectivity index (χ4n) is 6.12. The summed E-state index contributed by atoms with van der Waals surface area (Å²) in [6.45, 7) is 11.5. The van der Waals surface area contributed by atoms with Crippen molar-refractivity contribution < 1.29 is 53.4 Å². The molecule has 2 aromatic rings. The van der Waals surface area contributed by atoms with Crippen LogP contribution in [0.1, 0.15) is 86.1 Å². The van der Waals surface area contributed by atoms with Crippen molar-refractivity contribution in [2.45, 2.75) is 123 Å². The van der Waals surface area contributed by atoms with Gasteiger partial charge in [-0.2, -0.15) is 0 Å². The summed E-state index contributed by atoms with van der Waals surface area (Å²) in [7, 11) is 0. The average Bonchev–Trinajstić information content (AvgIpc) is 3.56. The molecule has 0 saturated carbocycles. The number of para-hydroxylation sites is 1. The van der Waals surface area contributed by atoms with Crippen LogP contribution in [0.5, 0.6) is 0 Å². The van der Waals surface area contributed by atoms with Crippen LogP contribution in [0.15, 0.2) is 30.5 Å². The van der Waals surface area contributed by atoms with Crippen LogP contribution in [0.25, 0.3) is 10.9 Å². The van der Waals surface area contributed by atoms with Gasteiger partial charge in [0.15, 0.2) is 0 Å². The fraction of sp³-hybridized carbons (Fsp3) is 0.564. The predicted molar refractivity (Wildman–Crippen MR) is 211 cm³/mol. The summed E-state index contributed by atoms with van der Waals surface area (Å²) in [5.41, 5.74) is 6.46. The van der Waals surface area contributed by atoms with E-state index in [2.05, 4.69) is 36.9 Å². The molecule has 19 heteroatoms. The molecule has 0 radical (unpaired) electrons. The normalized spacial score (nSPS) is 15.3. The molecule has 0 unspecified atom stereocenters. The second kappa shape index (κ2) is 22.7. The minimum absolute atomic E-state index is 0.120. The number of amides is 7. The Labute approximate surface area is 336 Å². The maximum atomic E-state index is 14.2. The Hall–Kier alpha value is -6.01. The van der Waals surface area contributed by atoms with E-state index in [4.69, 9.17) is 5.73 Å². The number of carbonyl (C=O) groups is 9. The van der Waals surface area contributed by atoms with Crippen molar-refractivity contribution in [2.75, 3.05) is 0 Å². The number of carbonyl (C=O) groups excluding carboxylic acids is 7. The molecular formula is C39H58N8O11. The minimum atomic E-state index is -1.70. The van der Waals surface area contributed by atoms with E-state index < -0.39 is 121 Å². The lowest BCUT2D eigenvalue weighted by Gasteiger charge is -2.30. The number of carboxylic acid groups (broad SMARTS) is 2. The number of nitrogens with one attached hydrogen (secondary N) is 7. The molecule has 1 heterocycles. The van der Waals surface area contributed by atoms with Gasteiger partial charge in [0.1, 0.15) is 36.3 Å². The van der Waals surface area contributed by atoms with Gasteiger partial charge in [-0.3, -0.25) is 38.4 Å². The van der Waals surface area contributed by atoms with E-state index >= 15 is 0 Å². The van der Waals surface area contributed by atoms with E-state index in [0.29, 0.717) is 18.4 Å². The molecule has 0 saturated heterocycles. The van der Waals surface area contributed by atoms with Gasteiger partial charge in [-0.25, -0.2) is 4.79 Å². The number of primary amides is 1. The summed E-state index contributed by atoms with van der Waals surface area (Å²) in [5, 5.41) is 35.0. The van der Waals surface area contributed by atoms with Crippen molar-refractivity contribution in [3.63, 3.8) is 0 Å². The minimum Gasteiger partial charge on any atom is -0.481 e. The zero-order chi connectivity index (χ0) is 43.9. The molecule has 0 aliphatic rings. The largest absolute Gasteiger partial charge is 0.481 e. The van der Waals surface area contributed by atoms with Crippen molar-refractivity contribution in [3.05, 3.63) is 36.0 Å². The van der Waals surface area contributed by atoms with Crippen LogP contribution >= 0.6 is 0 Å². The Balaban J connectivity index is 2.51. The predicted octanol–water partition coefficient (Wildman–Crippen LogP) is 0.212. The highest BCUT2D eigenvalue weighted by molar-refractivity contribution is 5.98. The topological polar surface area (TPSA) is 308 Å². The van der Waals surface area contributed by atoms with Gasteiger partial charge in [0.25, 0.3) is 0 Å². The van der Waals surface area contributed by atoms with Crippen LogP contribution < -0.4 is 37.6 Å². The first-order chi connectivity index (χ1) is 27.2. The average molecular weight is 815 g/mol. The summed E-state index contributed by atoms with van der Waals surface area (Å²) in [5.74, 6) is -9.86. The number of aromatic nitrogens is 1. The maximum absolute atomic E-state index is 14.2. The number of H-pyrrole nitrogens is 1. The molecular weight excluding hydrogens is 756 g/mol. The number of hydrogen-bond acceptors (Lipinski definition) is 9. The molecule has 7 amide bonds. The number of carboxylic acids is 2. The second-order valence-electron chi connectivity index (χ2n) is 14.9. The lowest BCUT2D eigenvalue weighted by atomic mass is 9.94. The first-order valence-electron chi connectivity index (χ1n) is 19.3. The zero-order valence-corrected chi connectivity index (χ0v) is 34.0. The van der Waals surface area contributed by atoms with Gasteiger partial charge >= 0.3 is 11.9 Å². The zero-order valence-electron chi connectivity index (χ0n) is 34.0. The number of rotatable bonds is 24. The Morgan fingerprint density at radius 2 is 1.17 bits per heavy atom. The maximum Gasteiger partial charge on any atom is 0.326 e. The van der Waals surface area contributed by atoms with Crippen molar-refractivity contribution in [1.82, 2.24) is 36.9 Å². The Kier molecular flexibility index (Phi) is 18.8. The van der Waals surface area contributed by atoms with Crippen LogP contribution in [-0.4, -0.2) is 105 Å². The van der Waals surface area contributed by atoms with Crippen molar-refractivity contribution in [3.8, 4) is 0 Å². The molecule has 8 atom stereocenters. The third-order valence-electron chi connectivity index (χ3n) is 9.93. The third kappa shape index (κ3) is 14.5. The molecule has 0 bridgehead atoms. The highest BCUT2D eigenvalue weighted by Crippen LogP contribution is 2.20. The molecule has 320 valence electrons. The SMILES string of the molecule is CC[C@H](C)[C@H](NC(C)=O)C(=O)N[C@H](C(=O)N[C@@H](Cc1c[nH]c2ccccc12)C(=O)N[C@@H](CCC(=O)O)C(=O)N[C@H](C(=O)N[C@@H](CC(N)=O)C(=O)O)C(C)C)[C@@H](C)CC. The quantitative estimate of drug-likeness (QED) is 0.0683. The Bertz CT molecular complexity index is 1810. The molecule has 0 fully saturated rings. The fourth-order valence-corrected chi connectivity index (χ4v) is 6.12. The molecule has 0 aliphatic carbocycles. The number of aliphatic carboxylic acids is 2. The van der Waals surface area contributed by atoms with Gasteiger partial charge in [0, 0.05) is 36.9 Å². The molecule has 0 spiro atoms. The standard InChI is InChI=1S/C39H58N8O11/c1-8-20(5)32(42-22(7)48)38(56)47-33(21(6)9-2)37(55)44-27(16-23-18-41-25-13-11-10-12-24(23)25)35(53)43-26(14-15-30(50)51)34(52)46-31(19(3)4)36(54)45-28(39(57)58)17-29(40)49/h10-13,18-21,26-28,31-33,41H,8-9,14-17H2,1-7H3,(H2,40,49)(H,42,48)(H,43,53)(H,44,55)(H,45,54)(H,46,52)(H,47,56)(H,50,51)(H,57,58)/t20-,21-,26-,27-,28-,31-,32-,33-/m0/s1. The summed E-state index contributed by atoms with van der Waals surface area (Å²) >= 11 is 0. The molecule has 11 N–H and O–H groups in total. The van der Waals surface area contributed by atoms with E-state index in [0.717, 1.165) is 10.9 Å². The van der Waals surface area contributed by atoms with Crippen molar-refractivity contribution in [1.29, 1.82) is 0 Å². The molecule has 1 aromatic heterocycles. The number of nitrogens with two attached hydrogens (primary N) is 1. The van der Waals surface area contributed by atoms with Crippen LogP contribution in [0.2, 0.25) is 0 Å². The van der Waals surface area contributed by atoms with E-state index in [1.807, 2.05) is 19.9 Å². The van der Waals surface area contributed by atoms with Gasteiger partial charge in [-0.15, -0.1) is 0 Å². The highest BCUT2D eigenvalue weighted by Gasteiger charge is 2.36. The van der Waals surface area contributed by atoms with Crippen molar-refractivity contribution >= 4 is 64.2 Å².